The van der Waals surface area contributed by atoms with Crippen molar-refractivity contribution in [3.8, 4) is 0 Å². The number of carbonyl (C=O) groups is 1. The normalized spacial score (nSPS) is 20.2. The molecule has 2 aliphatic heterocycles. The molecule has 5 nitrogen and oxygen atoms in total. The van der Waals surface area contributed by atoms with Crippen LogP contribution in [0.15, 0.2) is 34.4 Å². The van der Waals surface area contributed by atoms with Crippen LogP contribution < -0.4 is 4.90 Å². The third-order valence-electron chi connectivity index (χ3n) is 4.47. The minimum atomic E-state index is 0.0504. The van der Waals surface area contributed by atoms with E-state index in [0.29, 0.717) is 35.4 Å². The number of thioether (sulfide) groups is 2. The molecule has 1 atom stereocenters. The molecular formula is C18H18ClN3O2S2. The summed E-state index contributed by atoms with van der Waals surface area (Å²) >= 11 is 9.13. The summed E-state index contributed by atoms with van der Waals surface area (Å²) in [6, 6.07) is 7.70. The second kappa shape index (κ2) is 7.76. The zero-order chi connectivity index (χ0) is 18.1. The van der Waals surface area contributed by atoms with E-state index >= 15 is 0 Å². The lowest BCUT2D eigenvalue weighted by Gasteiger charge is -2.32. The average Bonchev–Trinajstić information content (AvgIpc) is 2.68. The van der Waals surface area contributed by atoms with Gasteiger partial charge in [0.2, 0.25) is 0 Å². The molecule has 0 spiro atoms. The van der Waals surface area contributed by atoms with Crippen molar-refractivity contribution in [1.82, 2.24) is 9.97 Å². The Balaban J connectivity index is 1.72. The van der Waals surface area contributed by atoms with E-state index in [1.165, 1.54) is 11.8 Å². The van der Waals surface area contributed by atoms with Gasteiger partial charge in [-0.15, -0.1) is 0 Å². The summed E-state index contributed by atoms with van der Waals surface area (Å²) in [5.41, 5.74) is 1.76. The van der Waals surface area contributed by atoms with Crippen LogP contribution in [0.25, 0.3) is 0 Å². The zero-order valence-electron chi connectivity index (χ0n) is 14.3. The number of ether oxygens (including phenoxy) is 1. The average molecular weight is 408 g/mol. The first-order valence-corrected chi connectivity index (χ1v) is 10.9. The molecule has 0 bridgehead atoms. The number of aromatic nitrogens is 2. The molecule has 1 fully saturated rings. The third-order valence-corrected chi connectivity index (χ3v) is 6.52. The van der Waals surface area contributed by atoms with Crippen molar-refractivity contribution in [1.29, 1.82) is 0 Å². The zero-order valence-corrected chi connectivity index (χ0v) is 16.7. The van der Waals surface area contributed by atoms with Crippen molar-refractivity contribution in [3.63, 3.8) is 0 Å². The van der Waals surface area contributed by atoms with Crippen LogP contribution in [0.3, 0.4) is 0 Å². The number of ketones is 1. The highest BCUT2D eigenvalue weighted by Crippen LogP contribution is 2.46. The van der Waals surface area contributed by atoms with Crippen molar-refractivity contribution in [2.45, 2.75) is 21.9 Å². The summed E-state index contributed by atoms with van der Waals surface area (Å²) in [6.45, 7) is 2.80. The van der Waals surface area contributed by atoms with Gasteiger partial charge in [0.25, 0.3) is 0 Å². The topological polar surface area (TPSA) is 55.3 Å². The Kier molecular flexibility index (Phi) is 5.40. The quantitative estimate of drug-likeness (QED) is 0.431. The lowest BCUT2D eigenvalue weighted by atomic mass is 10.0. The Hall–Kier alpha value is -1.28. The van der Waals surface area contributed by atoms with Crippen molar-refractivity contribution < 1.29 is 9.53 Å². The second-order valence-electron chi connectivity index (χ2n) is 6.10. The number of fused-ring (bicyclic) bond motifs is 1. The number of hydrogen-bond donors (Lipinski definition) is 0. The van der Waals surface area contributed by atoms with Gasteiger partial charge in [-0.05, 0) is 24.0 Å². The number of halogens is 1. The molecule has 0 aliphatic carbocycles. The highest BCUT2D eigenvalue weighted by atomic mass is 35.5. The van der Waals surface area contributed by atoms with E-state index in [1.54, 1.807) is 11.8 Å². The summed E-state index contributed by atoms with van der Waals surface area (Å²) in [5.74, 6) is 0.863. The van der Waals surface area contributed by atoms with E-state index in [0.717, 1.165) is 29.5 Å². The molecule has 4 rings (SSSR count). The number of morpholine rings is 1. The minimum absolute atomic E-state index is 0.0504. The number of rotatable bonds is 3. The Morgan fingerprint density at radius 1 is 1.23 bits per heavy atom. The molecule has 26 heavy (non-hydrogen) atoms. The minimum Gasteiger partial charge on any atom is -0.378 e. The summed E-state index contributed by atoms with van der Waals surface area (Å²) < 4.78 is 5.44. The van der Waals surface area contributed by atoms with Gasteiger partial charge in [-0.2, -0.15) is 0 Å². The van der Waals surface area contributed by atoms with Crippen LogP contribution in [0.1, 0.15) is 27.6 Å². The summed E-state index contributed by atoms with van der Waals surface area (Å²) in [6.07, 6.45) is 2.40. The summed E-state index contributed by atoms with van der Waals surface area (Å²) in [7, 11) is 0. The smallest absolute Gasteiger partial charge is 0.190 e. The van der Waals surface area contributed by atoms with E-state index in [4.69, 9.17) is 16.3 Å². The number of carbonyl (C=O) groups excluding carboxylic acids is 1. The van der Waals surface area contributed by atoms with E-state index in [1.807, 2.05) is 30.5 Å². The van der Waals surface area contributed by atoms with Crippen LogP contribution >= 0.6 is 35.1 Å². The van der Waals surface area contributed by atoms with Crippen molar-refractivity contribution in [2.24, 2.45) is 0 Å². The lowest BCUT2D eigenvalue weighted by Crippen LogP contribution is -2.38. The van der Waals surface area contributed by atoms with Gasteiger partial charge < -0.3 is 9.64 Å². The van der Waals surface area contributed by atoms with E-state index in [-0.39, 0.29) is 11.0 Å². The Labute approximate surface area is 165 Å². The molecule has 136 valence electrons. The van der Waals surface area contributed by atoms with Crippen LogP contribution in [0, 0.1) is 0 Å². The molecule has 0 saturated carbocycles. The van der Waals surface area contributed by atoms with Crippen molar-refractivity contribution in [3.05, 3.63) is 40.4 Å². The van der Waals surface area contributed by atoms with Crippen LogP contribution in [-0.4, -0.2) is 48.3 Å². The highest BCUT2D eigenvalue weighted by Gasteiger charge is 2.33. The fourth-order valence-electron chi connectivity index (χ4n) is 3.14. The first kappa shape index (κ1) is 18.1. The van der Waals surface area contributed by atoms with Gasteiger partial charge in [0.1, 0.15) is 10.8 Å². The van der Waals surface area contributed by atoms with Gasteiger partial charge in [0.15, 0.2) is 10.9 Å². The molecule has 2 aliphatic rings. The van der Waals surface area contributed by atoms with Crippen molar-refractivity contribution >= 4 is 46.7 Å². The van der Waals surface area contributed by atoms with Crippen molar-refractivity contribution in [2.75, 3.05) is 37.5 Å². The van der Waals surface area contributed by atoms with Crippen LogP contribution in [0.2, 0.25) is 5.02 Å². The fraction of sp³-hybridized carbons (Fsp3) is 0.389. The highest BCUT2D eigenvalue weighted by molar-refractivity contribution is 8.00. The number of benzene rings is 1. The van der Waals surface area contributed by atoms with Gasteiger partial charge in [-0.3, -0.25) is 4.79 Å². The standard InChI is InChI=1S/C18H18ClN3O2S2/c1-25-18-20-16(22-6-8-24-9-7-22)15-13(23)10-14(26-17(15)21-18)11-2-4-12(19)5-3-11/h2-5,14H,6-10H2,1H3. The molecule has 1 unspecified atom stereocenters. The van der Waals surface area contributed by atoms with Gasteiger partial charge in [-0.1, -0.05) is 47.3 Å². The molecule has 2 aromatic rings. The van der Waals surface area contributed by atoms with Crippen LogP contribution in [0.5, 0.6) is 0 Å². The molecule has 0 amide bonds. The van der Waals surface area contributed by atoms with Gasteiger partial charge in [-0.25, -0.2) is 9.97 Å². The molecule has 3 heterocycles. The molecule has 1 aromatic carbocycles. The SMILES string of the molecule is CSc1nc2c(c(N3CCOCC3)n1)C(=O)CC(c1ccc(Cl)cc1)S2. The maximum atomic E-state index is 13.0. The van der Waals surface area contributed by atoms with Crippen LogP contribution in [0.4, 0.5) is 5.82 Å². The van der Waals surface area contributed by atoms with E-state index < -0.39 is 0 Å². The fourth-order valence-corrected chi connectivity index (χ4v) is 4.95. The van der Waals surface area contributed by atoms with E-state index in [9.17, 15) is 4.79 Å². The number of anilines is 1. The molecule has 0 N–H and O–H groups in total. The lowest BCUT2D eigenvalue weighted by molar-refractivity contribution is 0.0972. The first-order valence-electron chi connectivity index (χ1n) is 8.39. The predicted molar refractivity (Wildman–Crippen MR) is 106 cm³/mol. The maximum Gasteiger partial charge on any atom is 0.190 e. The van der Waals surface area contributed by atoms with E-state index in [2.05, 4.69) is 14.9 Å². The molecule has 0 radical (unpaired) electrons. The molecular weight excluding hydrogens is 390 g/mol. The number of nitrogens with zero attached hydrogens (tertiary/aromatic N) is 3. The molecule has 8 heteroatoms. The number of Topliss-reactive ketones (excluding diaryl/α,β-unsaturated/α-hetero) is 1. The van der Waals surface area contributed by atoms with Gasteiger partial charge in [0.05, 0.1) is 18.8 Å². The monoisotopic (exact) mass is 407 g/mol. The summed E-state index contributed by atoms with van der Waals surface area (Å²) in [5, 5.41) is 2.22. The second-order valence-corrected chi connectivity index (χ2v) is 8.50. The number of hydrogen-bond acceptors (Lipinski definition) is 7. The Bertz CT molecular complexity index is 826. The Morgan fingerprint density at radius 2 is 1.96 bits per heavy atom. The maximum absolute atomic E-state index is 13.0. The summed E-state index contributed by atoms with van der Waals surface area (Å²) in [4.78, 5) is 24.5. The van der Waals surface area contributed by atoms with Gasteiger partial charge >= 0.3 is 0 Å². The predicted octanol–water partition coefficient (Wildman–Crippen LogP) is 4.11. The molecule has 1 aromatic heterocycles. The largest absolute Gasteiger partial charge is 0.378 e. The Morgan fingerprint density at radius 3 is 2.65 bits per heavy atom. The van der Waals surface area contributed by atoms with Crippen LogP contribution in [-0.2, 0) is 4.74 Å². The first-order chi connectivity index (χ1) is 12.7. The third kappa shape index (κ3) is 3.58. The molecule has 1 saturated heterocycles. The van der Waals surface area contributed by atoms with Gasteiger partial charge in [0, 0.05) is 29.8 Å².